The zero-order valence-corrected chi connectivity index (χ0v) is 15.6. The normalized spacial score (nSPS) is 56.5. The fraction of sp³-hybridized carbons (Fsp3) is 0.909. The van der Waals surface area contributed by atoms with Crippen LogP contribution in [-0.2, 0) is 0 Å². The van der Waals surface area contributed by atoms with Crippen LogP contribution in [0.1, 0.15) is 78.6 Å². The van der Waals surface area contributed by atoms with Crippen molar-refractivity contribution in [2.24, 2.45) is 34.5 Å². The van der Waals surface area contributed by atoms with Crippen molar-refractivity contribution in [1.29, 1.82) is 0 Å². The summed E-state index contributed by atoms with van der Waals surface area (Å²) in [5.41, 5.74) is -0.368. The molecule has 0 aromatic heterocycles. The molecule has 4 rings (SSSR count). The van der Waals surface area contributed by atoms with Gasteiger partial charge in [0.25, 0.3) is 0 Å². The van der Waals surface area contributed by atoms with Gasteiger partial charge in [-0.15, -0.1) is 5.92 Å². The average molecular weight is 331 g/mol. The number of rotatable bonds is 0. The Labute approximate surface area is 147 Å². The molecule has 0 heterocycles. The van der Waals surface area contributed by atoms with Gasteiger partial charge in [0, 0.05) is 5.41 Å². The van der Waals surface area contributed by atoms with E-state index in [9.17, 15) is 10.2 Å². The summed E-state index contributed by atoms with van der Waals surface area (Å²) in [7, 11) is 0. The van der Waals surface area contributed by atoms with Crippen LogP contribution in [0.4, 0.5) is 0 Å². The molecule has 0 aliphatic heterocycles. The fourth-order valence-corrected chi connectivity index (χ4v) is 7.66. The van der Waals surface area contributed by atoms with Gasteiger partial charge in [0.05, 0.1) is 6.10 Å². The lowest BCUT2D eigenvalue weighted by atomic mass is 9.44. The van der Waals surface area contributed by atoms with Crippen molar-refractivity contribution < 1.29 is 10.2 Å². The molecule has 0 aromatic rings. The van der Waals surface area contributed by atoms with Crippen molar-refractivity contribution >= 4 is 0 Å². The van der Waals surface area contributed by atoms with Crippen LogP contribution in [0.3, 0.4) is 0 Å². The molecular weight excluding hydrogens is 296 g/mol. The highest BCUT2D eigenvalue weighted by molar-refractivity contribution is 5.25. The van der Waals surface area contributed by atoms with Crippen LogP contribution in [-0.4, -0.2) is 21.9 Å². The van der Waals surface area contributed by atoms with Gasteiger partial charge in [0.2, 0.25) is 0 Å². The molecule has 0 saturated heterocycles. The SMILES string of the molecule is CC#C[C@]1(O)CCC2C3CC[C@H]4C[C@H](O)CC[C@]4(C)C3CC[C@@]21C. The lowest BCUT2D eigenvalue weighted by Gasteiger charge is -2.61. The summed E-state index contributed by atoms with van der Waals surface area (Å²) in [4.78, 5) is 0. The molecule has 4 saturated carbocycles. The molecule has 0 bridgehead atoms. The van der Waals surface area contributed by atoms with Crippen LogP contribution in [0.2, 0.25) is 0 Å². The minimum absolute atomic E-state index is 0.0193. The molecule has 0 aromatic carbocycles. The maximum atomic E-state index is 11.3. The number of hydrogen-bond donors (Lipinski definition) is 2. The highest BCUT2D eigenvalue weighted by Gasteiger charge is 2.64. The first-order valence-corrected chi connectivity index (χ1v) is 10.2. The average Bonchev–Trinajstić information content (AvgIpc) is 2.80. The number of hydrogen-bond acceptors (Lipinski definition) is 2. The Morgan fingerprint density at radius 3 is 2.42 bits per heavy atom. The van der Waals surface area contributed by atoms with Gasteiger partial charge in [-0.25, -0.2) is 0 Å². The van der Waals surface area contributed by atoms with E-state index < -0.39 is 5.60 Å². The highest BCUT2D eigenvalue weighted by Crippen LogP contribution is 2.68. The van der Waals surface area contributed by atoms with E-state index in [0.29, 0.717) is 17.3 Å². The lowest BCUT2D eigenvalue weighted by Crippen LogP contribution is -2.56. The zero-order chi connectivity index (χ0) is 17.2. The van der Waals surface area contributed by atoms with Crippen molar-refractivity contribution in [2.75, 3.05) is 0 Å². The molecule has 24 heavy (non-hydrogen) atoms. The van der Waals surface area contributed by atoms with Gasteiger partial charge in [-0.3, -0.25) is 0 Å². The van der Waals surface area contributed by atoms with E-state index in [1.54, 1.807) is 0 Å². The molecule has 3 unspecified atom stereocenters. The van der Waals surface area contributed by atoms with Gasteiger partial charge in [0.15, 0.2) is 0 Å². The smallest absolute Gasteiger partial charge is 0.131 e. The van der Waals surface area contributed by atoms with Crippen LogP contribution in [0, 0.1) is 46.3 Å². The maximum absolute atomic E-state index is 11.3. The van der Waals surface area contributed by atoms with E-state index >= 15 is 0 Å². The summed E-state index contributed by atoms with van der Waals surface area (Å²) in [5.74, 6) is 9.10. The Bertz CT molecular complexity index is 574. The summed E-state index contributed by atoms with van der Waals surface area (Å²) in [6.07, 6.45) is 10.1. The van der Waals surface area contributed by atoms with E-state index in [1.807, 2.05) is 6.92 Å². The standard InChI is InChI=1S/C22H34O2/c1-4-10-22(24)13-9-19-17-6-5-15-14-16(23)7-11-20(15,2)18(17)8-12-21(19,22)3/h15-19,23-24H,5-9,11-14H2,1-3H3/t15-,16+,17?,18?,19?,20-,21-,22-/m0/s1. The third-order valence-corrected chi connectivity index (χ3v) is 9.12. The first kappa shape index (κ1) is 16.9. The van der Waals surface area contributed by atoms with Gasteiger partial charge in [-0.1, -0.05) is 19.8 Å². The van der Waals surface area contributed by atoms with Crippen LogP contribution < -0.4 is 0 Å². The van der Waals surface area contributed by atoms with E-state index in [0.717, 1.165) is 43.9 Å². The maximum Gasteiger partial charge on any atom is 0.131 e. The Morgan fingerprint density at radius 1 is 0.917 bits per heavy atom. The summed E-state index contributed by atoms with van der Waals surface area (Å²) < 4.78 is 0. The van der Waals surface area contributed by atoms with Crippen molar-refractivity contribution in [3.05, 3.63) is 0 Å². The molecule has 0 spiro atoms. The van der Waals surface area contributed by atoms with Gasteiger partial charge < -0.3 is 10.2 Å². The third kappa shape index (κ3) is 2.10. The molecule has 4 fully saturated rings. The van der Waals surface area contributed by atoms with Gasteiger partial charge >= 0.3 is 0 Å². The molecule has 2 N–H and O–H groups in total. The van der Waals surface area contributed by atoms with E-state index in [1.165, 1.54) is 25.7 Å². The predicted molar refractivity (Wildman–Crippen MR) is 96.1 cm³/mol. The van der Waals surface area contributed by atoms with E-state index in [4.69, 9.17) is 0 Å². The monoisotopic (exact) mass is 330 g/mol. The second-order valence-corrected chi connectivity index (χ2v) is 9.82. The summed E-state index contributed by atoms with van der Waals surface area (Å²) >= 11 is 0. The highest BCUT2D eigenvalue weighted by atomic mass is 16.3. The molecule has 134 valence electrons. The second-order valence-electron chi connectivity index (χ2n) is 9.82. The summed E-state index contributed by atoms with van der Waals surface area (Å²) in [6, 6.07) is 0. The van der Waals surface area contributed by atoms with Crippen molar-refractivity contribution in [2.45, 2.75) is 90.3 Å². The zero-order valence-electron chi connectivity index (χ0n) is 15.6. The first-order chi connectivity index (χ1) is 11.3. The van der Waals surface area contributed by atoms with Crippen LogP contribution in [0.25, 0.3) is 0 Å². The van der Waals surface area contributed by atoms with Crippen LogP contribution in [0.15, 0.2) is 0 Å². The van der Waals surface area contributed by atoms with Crippen LogP contribution >= 0.6 is 0 Å². The largest absolute Gasteiger partial charge is 0.393 e. The topological polar surface area (TPSA) is 40.5 Å². The van der Waals surface area contributed by atoms with Crippen molar-refractivity contribution in [1.82, 2.24) is 0 Å². The fourth-order valence-electron chi connectivity index (χ4n) is 7.66. The van der Waals surface area contributed by atoms with Crippen molar-refractivity contribution in [3.8, 4) is 11.8 Å². The molecule has 0 amide bonds. The van der Waals surface area contributed by atoms with Crippen LogP contribution in [0.5, 0.6) is 0 Å². The minimum Gasteiger partial charge on any atom is -0.393 e. The molecule has 2 heteroatoms. The Hall–Kier alpha value is -0.520. The quantitative estimate of drug-likeness (QED) is 0.655. The number of fused-ring (bicyclic) bond motifs is 5. The summed E-state index contributed by atoms with van der Waals surface area (Å²) in [6.45, 7) is 6.71. The van der Waals surface area contributed by atoms with Gasteiger partial charge in [0.1, 0.15) is 5.60 Å². The van der Waals surface area contributed by atoms with Gasteiger partial charge in [-0.2, -0.15) is 0 Å². The lowest BCUT2D eigenvalue weighted by molar-refractivity contribution is -0.144. The molecule has 2 nitrogen and oxygen atoms in total. The molecule has 8 atom stereocenters. The number of aliphatic hydroxyl groups excluding tert-OH is 1. The molecule has 4 aliphatic carbocycles. The molecular formula is C22H34O2. The van der Waals surface area contributed by atoms with E-state index in [-0.39, 0.29) is 11.5 Å². The van der Waals surface area contributed by atoms with E-state index in [2.05, 4.69) is 25.7 Å². The first-order valence-electron chi connectivity index (χ1n) is 10.2. The minimum atomic E-state index is -0.766. The molecule has 0 radical (unpaired) electrons. The predicted octanol–water partition coefficient (Wildman–Crippen LogP) is 4.14. The van der Waals surface area contributed by atoms with Gasteiger partial charge in [-0.05, 0) is 93.8 Å². The Morgan fingerprint density at radius 2 is 1.67 bits per heavy atom. The van der Waals surface area contributed by atoms with Crippen molar-refractivity contribution in [3.63, 3.8) is 0 Å². The Kier molecular flexibility index (Phi) is 3.87. The number of aliphatic hydroxyl groups is 2. The third-order valence-electron chi connectivity index (χ3n) is 9.12. The Balaban J connectivity index is 1.64. The second kappa shape index (κ2) is 5.49. The summed E-state index contributed by atoms with van der Waals surface area (Å²) in [5, 5.41) is 21.4. The molecule has 4 aliphatic rings.